The first-order chi connectivity index (χ1) is 9.34. The summed E-state index contributed by atoms with van der Waals surface area (Å²) in [5.41, 5.74) is 2.17. The molecule has 0 spiro atoms. The summed E-state index contributed by atoms with van der Waals surface area (Å²) in [6, 6.07) is 1.29. The number of pyridine rings is 1. The number of rotatable bonds is 3. The van der Waals surface area contributed by atoms with Crippen LogP contribution in [-0.4, -0.2) is 42.6 Å². The van der Waals surface area contributed by atoms with Crippen molar-refractivity contribution in [3.05, 3.63) is 16.7 Å². The van der Waals surface area contributed by atoms with Gasteiger partial charge in [0.25, 0.3) is 0 Å². The molecule has 4 N–H and O–H groups in total. The van der Waals surface area contributed by atoms with Crippen LogP contribution in [0.1, 0.15) is 0 Å². The fraction of sp³-hybridized carbons (Fsp3) is 0.222. The van der Waals surface area contributed by atoms with Crippen LogP contribution in [0.2, 0.25) is 0 Å². The summed E-state index contributed by atoms with van der Waals surface area (Å²) in [4.78, 5) is 26.2. The zero-order valence-electron chi connectivity index (χ0n) is 9.96. The van der Waals surface area contributed by atoms with E-state index >= 15 is 0 Å². The third kappa shape index (κ3) is 2.80. The molecule has 2 heterocycles. The normalized spacial score (nSPS) is 16.9. The summed E-state index contributed by atoms with van der Waals surface area (Å²) < 4.78 is 26.1. The van der Waals surface area contributed by atoms with Gasteiger partial charge in [0.1, 0.15) is 4.90 Å². The van der Waals surface area contributed by atoms with E-state index in [0.29, 0.717) is 4.47 Å². The Labute approximate surface area is 122 Å². The molecule has 9 nitrogen and oxygen atoms in total. The molecule has 0 bridgehead atoms. The van der Waals surface area contributed by atoms with Crippen LogP contribution in [0.15, 0.2) is 21.6 Å². The Bertz CT molecular complexity index is 661. The average Bonchev–Trinajstić information content (AvgIpc) is 2.37. The van der Waals surface area contributed by atoms with E-state index in [-0.39, 0.29) is 10.7 Å². The van der Waals surface area contributed by atoms with Gasteiger partial charge in [0.2, 0.25) is 21.8 Å². The molecule has 1 aromatic rings. The molecule has 1 aliphatic rings. The van der Waals surface area contributed by atoms with Crippen LogP contribution in [0.4, 0.5) is 5.82 Å². The molecule has 0 atom stereocenters. The quantitative estimate of drug-likeness (QED) is 0.348. The number of amides is 2. The largest absolute Gasteiger partial charge is 0.307 e. The fourth-order valence-electron chi connectivity index (χ4n) is 1.65. The zero-order valence-corrected chi connectivity index (χ0v) is 12.4. The number of carbonyl (C=O) groups is 2. The molecule has 2 amide bonds. The van der Waals surface area contributed by atoms with Crippen LogP contribution >= 0.6 is 15.9 Å². The van der Waals surface area contributed by atoms with Crippen molar-refractivity contribution in [1.29, 1.82) is 0 Å². The standard InChI is InChI=1S/C9H10BrN5O4S/c10-5-1-6(9(14-11)12-2-5)20(18,19)15-3-7(16)13-8(17)4-15/h1-2H,3-4,11H2,(H,12,14)(H,13,16,17). The van der Waals surface area contributed by atoms with Gasteiger partial charge in [0.15, 0.2) is 5.82 Å². The molecule has 1 aromatic heterocycles. The van der Waals surface area contributed by atoms with Gasteiger partial charge in [-0.15, -0.1) is 0 Å². The third-order valence-corrected chi connectivity index (χ3v) is 4.73. The van der Waals surface area contributed by atoms with Crippen LogP contribution in [0.25, 0.3) is 0 Å². The van der Waals surface area contributed by atoms with Crippen LogP contribution in [0, 0.1) is 0 Å². The Morgan fingerprint density at radius 1 is 1.35 bits per heavy atom. The number of aromatic nitrogens is 1. The number of nitrogens with zero attached hydrogens (tertiary/aromatic N) is 2. The van der Waals surface area contributed by atoms with E-state index in [9.17, 15) is 18.0 Å². The Morgan fingerprint density at radius 2 is 1.95 bits per heavy atom. The van der Waals surface area contributed by atoms with Crippen molar-refractivity contribution < 1.29 is 18.0 Å². The van der Waals surface area contributed by atoms with Crippen molar-refractivity contribution in [3.8, 4) is 0 Å². The lowest BCUT2D eigenvalue weighted by molar-refractivity contribution is -0.134. The van der Waals surface area contributed by atoms with Crippen LogP contribution < -0.4 is 16.6 Å². The van der Waals surface area contributed by atoms with Crippen molar-refractivity contribution in [3.63, 3.8) is 0 Å². The molecule has 1 aliphatic heterocycles. The summed E-state index contributed by atoms with van der Waals surface area (Å²) in [6.45, 7) is -0.880. The molecule has 0 radical (unpaired) electrons. The van der Waals surface area contributed by atoms with E-state index < -0.39 is 34.9 Å². The molecule has 2 rings (SSSR count). The van der Waals surface area contributed by atoms with Gasteiger partial charge in [-0.1, -0.05) is 0 Å². The topological polar surface area (TPSA) is 134 Å². The maximum Gasteiger partial charge on any atom is 0.247 e. The maximum absolute atomic E-state index is 12.4. The number of hydrogen-bond acceptors (Lipinski definition) is 7. The van der Waals surface area contributed by atoms with E-state index in [2.05, 4.69) is 26.3 Å². The highest BCUT2D eigenvalue weighted by Crippen LogP contribution is 2.25. The second-order valence-corrected chi connectivity index (χ2v) is 6.71. The summed E-state index contributed by atoms with van der Waals surface area (Å²) in [5, 5.41) is 2.02. The highest BCUT2D eigenvalue weighted by atomic mass is 79.9. The van der Waals surface area contributed by atoms with Gasteiger partial charge in [0.05, 0.1) is 13.1 Å². The number of anilines is 1. The van der Waals surface area contributed by atoms with Crippen molar-refractivity contribution in [2.24, 2.45) is 5.84 Å². The number of halogens is 1. The van der Waals surface area contributed by atoms with E-state index in [1.807, 2.05) is 5.32 Å². The smallest absolute Gasteiger partial charge is 0.247 e. The van der Waals surface area contributed by atoms with Crippen molar-refractivity contribution in [1.82, 2.24) is 14.6 Å². The van der Waals surface area contributed by atoms with Gasteiger partial charge in [-0.25, -0.2) is 19.2 Å². The average molecular weight is 364 g/mol. The predicted octanol–water partition coefficient (Wildman–Crippen LogP) is -1.22. The Morgan fingerprint density at radius 3 is 2.50 bits per heavy atom. The predicted molar refractivity (Wildman–Crippen MR) is 71.7 cm³/mol. The first-order valence-electron chi connectivity index (χ1n) is 5.29. The molecule has 0 aliphatic carbocycles. The molecular weight excluding hydrogens is 354 g/mol. The monoisotopic (exact) mass is 363 g/mol. The third-order valence-electron chi connectivity index (χ3n) is 2.49. The minimum absolute atomic E-state index is 0.0772. The summed E-state index contributed by atoms with van der Waals surface area (Å²) in [7, 11) is -4.08. The van der Waals surface area contributed by atoms with E-state index in [1.54, 1.807) is 0 Å². The lowest BCUT2D eigenvalue weighted by Crippen LogP contribution is -2.53. The SMILES string of the molecule is NNc1ncc(Br)cc1S(=O)(=O)N1CC(=O)NC(=O)C1. The van der Waals surface area contributed by atoms with Gasteiger partial charge in [-0.2, -0.15) is 4.31 Å². The Hall–Kier alpha value is -1.56. The molecule has 108 valence electrons. The zero-order chi connectivity index (χ0) is 14.9. The van der Waals surface area contributed by atoms with Crippen LogP contribution in [0.5, 0.6) is 0 Å². The van der Waals surface area contributed by atoms with E-state index in [1.165, 1.54) is 12.3 Å². The molecule has 0 unspecified atom stereocenters. The van der Waals surface area contributed by atoms with E-state index in [4.69, 9.17) is 5.84 Å². The minimum atomic E-state index is -4.08. The fourth-order valence-corrected chi connectivity index (χ4v) is 3.61. The number of sulfonamides is 1. The highest BCUT2D eigenvalue weighted by Gasteiger charge is 2.34. The maximum atomic E-state index is 12.4. The Balaban J connectivity index is 2.47. The van der Waals surface area contributed by atoms with E-state index in [0.717, 1.165) is 4.31 Å². The molecule has 0 aromatic carbocycles. The second kappa shape index (κ2) is 5.44. The van der Waals surface area contributed by atoms with Gasteiger partial charge >= 0.3 is 0 Å². The second-order valence-electron chi connectivity index (χ2n) is 3.89. The number of piperazine rings is 1. The summed E-state index contributed by atoms with van der Waals surface area (Å²) in [5.74, 6) is 3.78. The van der Waals surface area contributed by atoms with Gasteiger partial charge in [0, 0.05) is 10.7 Å². The summed E-state index contributed by atoms with van der Waals surface area (Å²) in [6.07, 6.45) is 1.36. The Kier molecular flexibility index (Phi) is 4.04. The molecule has 20 heavy (non-hydrogen) atoms. The lowest BCUT2D eigenvalue weighted by Gasteiger charge is -2.25. The highest BCUT2D eigenvalue weighted by molar-refractivity contribution is 9.10. The number of imide groups is 1. The first-order valence-corrected chi connectivity index (χ1v) is 7.53. The van der Waals surface area contributed by atoms with Gasteiger partial charge in [-0.3, -0.25) is 14.9 Å². The molecule has 1 fully saturated rings. The first kappa shape index (κ1) is 14.8. The number of nitrogen functional groups attached to an aromatic ring is 1. The number of hydrazine groups is 1. The number of nitrogens with two attached hydrogens (primary N) is 1. The van der Waals surface area contributed by atoms with Gasteiger partial charge in [-0.05, 0) is 22.0 Å². The number of hydrogen-bond donors (Lipinski definition) is 3. The van der Waals surface area contributed by atoms with Crippen LogP contribution in [-0.2, 0) is 19.6 Å². The van der Waals surface area contributed by atoms with Crippen molar-refractivity contribution in [2.75, 3.05) is 18.5 Å². The van der Waals surface area contributed by atoms with Crippen molar-refractivity contribution in [2.45, 2.75) is 4.90 Å². The van der Waals surface area contributed by atoms with Gasteiger partial charge < -0.3 is 5.43 Å². The number of carbonyl (C=O) groups excluding carboxylic acids is 2. The van der Waals surface area contributed by atoms with Crippen molar-refractivity contribution >= 4 is 43.6 Å². The summed E-state index contributed by atoms with van der Waals surface area (Å²) >= 11 is 3.11. The number of nitrogens with one attached hydrogen (secondary N) is 2. The molecule has 1 saturated heterocycles. The molecule has 11 heteroatoms. The molecule has 0 saturated carbocycles. The van der Waals surface area contributed by atoms with Crippen LogP contribution in [0.3, 0.4) is 0 Å². The molecular formula is C9H10BrN5O4S. The minimum Gasteiger partial charge on any atom is -0.307 e. The lowest BCUT2D eigenvalue weighted by atomic mass is 10.4.